The third-order valence-electron chi connectivity index (χ3n) is 4.31. The van der Waals surface area contributed by atoms with Crippen molar-refractivity contribution in [3.63, 3.8) is 0 Å². The first-order valence-electron chi connectivity index (χ1n) is 7.28. The predicted molar refractivity (Wildman–Crippen MR) is 74.2 cm³/mol. The molecule has 2 N–H and O–H groups in total. The Morgan fingerprint density at radius 3 is 2.62 bits per heavy atom. The van der Waals surface area contributed by atoms with Crippen molar-refractivity contribution in [2.75, 3.05) is 0 Å². The van der Waals surface area contributed by atoms with Gasteiger partial charge in [0.15, 0.2) is 0 Å². The van der Waals surface area contributed by atoms with Crippen molar-refractivity contribution < 1.29 is 19.4 Å². The Bertz CT molecular complexity index is 565. The van der Waals surface area contributed by atoms with Crippen LogP contribution in [0.2, 0.25) is 0 Å². The molecule has 2 fully saturated rings. The van der Waals surface area contributed by atoms with Gasteiger partial charge in [-0.25, -0.2) is 9.78 Å². The first kappa shape index (κ1) is 13.9. The van der Waals surface area contributed by atoms with Gasteiger partial charge in [-0.05, 0) is 44.6 Å². The van der Waals surface area contributed by atoms with E-state index < -0.39 is 17.4 Å². The van der Waals surface area contributed by atoms with Crippen molar-refractivity contribution in [1.29, 1.82) is 0 Å². The summed E-state index contributed by atoms with van der Waals surface area (Å²) in [4.78, 5) is 27.6. The molecule has 1 heterocycles. The average Bonchev–Trinajstić information content (AvgIpc) is 2.38. The number of pyridine rings is 1. The Hall–Kier alpha value is -2.11. The SMILES string of the molecule is O=C(NC1(C(=O)O)CCC1)c1ccnc(OC2CCC2)c1. The predicted octanol–water partition coefficient (Wildman–Crippen LogP) is 1.75. The quantitative estimate of drug-likeness (QED) is 0.862. The molecule has 21 heavy (non-hydrogen) atoms. The fraction of sp³-hybridized carbons (Fsp3) is 0.533. The van der Waals surface area contributed by atoms with Crippen molar-refractivity contribution >= 4 is 11.9 Å². The number of amides is 1. The highest BCUT2D eigenvalue weighted by Gasteiger charge is 2.45. The molecular formula is C15H18N2O4. The van der Waals surface area contributed by atoms with E-state index in [2.05, 4.69) is 10.3 Å². The van der Waals surface area contributed by atoms with Crippen LogP contribution in [0.1, 0.15) is 48.9 Å². The molecule has 3 rings (SSSR count). The van der Waals surface area contributed by atoms with Crippen molar-refractivity contribution in [3.8, 4) is 5.88 Å². The van der Waals surface area contributed by atoms with Crippen LogP contribution in [0, 0.1) is 0 Å². The van der Waals surface area contributed by atoms with E-state index in [9.17, 15) is 14.7 Å². The van der Waals surface area contributed by atoms with Crippen LogP contribution in [0.5, 0.6) is 5.88 Å². The van der Waals surface area contributed by atoms with Crippen LogP contribution in [-0.4, -0.2) is 33.6 Å². The first-order chi connectivity index (χ1) is 10.1. The van der Waals surface area contributed by atoms with Gasteiger partial charge in [0, 0.05) is 17.8 Å². The highest BCUT2D eigenvalue weighted by molar-refractivity contribution is 5.98. The number of carboxylic acids is 1. The minimum Gasteiger partial charge on any atom is -0.480 e. The summed E-state index contributed by atoms with van der Waals surface area (Å²) in [7, 11) is 0. The van der Waals surface area contributed by atoms with Gasteiger partial charge in [-0.15, -0.1) is 0 Å². The van der Waals surface area contributed by atoms with Gasteiger partial charge in [-0.2, -0.15) is 0 Å². The summed E-state index contributed by atoms with van der Waals surface area (Å²) in [6.07, 6.45) is 6.66. The summed E-state index contributed by atoms with van der Waals surface area (Å²) in [5.41, 5.74) is -0.720. The molecule has 1 amide bonds. The third-order valence-corrected chi connectivity index (χ3v) is 4.31. The number of carboxylic acid groups (broad SMARTS) is 1. The molecule has 1 aromatic rings. The summed E-state index contributed by atoms with van der Waals surface area (Å²) in [5.74, 6) is -0.939. The largest absolute Gasteiger partial charge is 0.480 e. The first-order valence-corrected chi connectivity index (χ1v) is 7.28. The second kappa shape index (κ2) is 5.35. The number of nitrogens with one attached hydrogen (secondary N) is 1. The van der Waals surface area contributed by atoms with E-state index in [0.717, 1.165) is 25.7 Å². The summed E-state index contributed by atoms with van der Waals surface area (Å²) in [6.45, 7) is 0. The number of hydrogen-bond acceptors (Lipinski definition) is 4. The number of carbonyl (C=O) groups excluding carboxylic acids is 1. The zero-order chi connectivity index (χ0) is 14.9. The molecule has 6 heteroatoms. The summed E-state index contributed by atoms with van der Waals surface area (Å²) < 4.78 is 5.65. The summed E-state index contributed by atoms with van der Waals surface area (Å²) in [5, 5.41) is 11.9. The van der Waals surface area contributed by atoms with Crippen LogP contribution in [0.3, 0.4) is 0 Å². The van der Waals surface area contributed by atoms with Crippen molar-refractivity contribution in [3.05, 3.63) is 23.9 Å². The number of nitrogens with zero attached hydrogens (tertiary/aromatic N) is 1. The highest BCUT2D eigenvalue weighted by atomic mass is 16.5. The van der Waals surface area contributed by atoms with Gasteiger partial charge < -0.3 is 15.2 Å². The van der Waals surface area contributed by atoms with E-state index in [0.29, 0.717) is 24.3 Å². The second-order valence-electron chi connectivity index (χ2n) is 5.75. The third kappa shape index (κ3) is 2.70. The van der Waals surface area contributed by atoms with Crippen LogP contribution in [0.25, 0.3) is 0 Å². The van der Waals surface area contributed by atoms with Crippen LogP contribution >= 0.6 is 0 Å². The fourth-order valence-corrected chi connectivity index (χ4v) is 2.49. The zero-order valence-electron chi connectivity index (χ0n) is 11.7. The van der Waals surface area contributed by atoms with Crippen molar-refractivity contribution in [2.24, 2.45) is 0 Å². The molecule has 0 saturated heterocycles. The molecule has 0 aromatic carbocycles. The summed E-state index contributed by atoms with van der Waals surface area (Å²) in [6, 6.07) is 3.14. The van der Waals surface area contributed by atoms with Crippen LogP contribution < -0.4 is 10.1 Å². The van der Waals surface area contributed by atoms with Crippen molar-refractivity contribution in [1.82, 2.24) is 10.3 Å². The number of hydrogen-bond donors (Lipinski definition) is 2. The maximum atomic E-state index is 12.2. The topological polar surface area (TPSA) is 88.5 Å². The van der Waals surface area contributed by atoms with E-state index in [-0.39, 0.29) is 6.10 Å². The van der Waals surface area contributed by atoms with E-state index in [4.69, 9.17) is 4.74 Å². The van der Waals surface area contributed by atoms with Gasteiger partial charge in [0.05, 0.1) is 0 Å². The molecule has 0 bridgehead atoms. The molecule has 6 nitrogen and oxygen atoms in total. The number of aromatic nitrogens is 1. The Morgan fingerprint density at radius 2 is 2.10 bits per heavy atom. The van der Waals surface area contributed by atoms with Gasteiger partial charge >= 0.3 is 5.97 Å². The number of aliphatic carboxylic acids is 1. The van der Waals surface area contributed by atoms with Gasteiger partial charge in [0.2, 0.25) is 5.88 Å². The van der Waals surface area contributed by atoms with Crippen LogP contribution in [0.4, 0.5) is 0 Å². The monoisotopic (exact) mass is 290 g/mol. The molecule has 2 aliphatic rings. The lowest BCUT2D eigenvalue weighted by Gasteiger charge is -2.38. The molecule has 0 spiro atoms. The Kier molecular flexibility index (Phi) is 3.53. The molecule has 0 atom stereocenters. The normalized spacial score (nSPS) is 20.0. The molecule has 2 aliphatic carbocycles. The van der Waals surface area contributed by atoms with Crippen molar-refractivity contribution in [2.45, 2.75) is 50.2 Å². The number of carbonyl (C=O) groups is 2. The van der Waals surface area contributed by atoms with Gasteiger partial charge in [-0.1, -0.05) is 0 Å². The maximum Gasteiger partial charge on any atom is 0.329 e. The molecule has 2 saturated carbocycles. The Labute approximate surface area is 122 Å². The van der Waals surface area contributed by atoms with Crippen LogP contribution in [0.15, 0.2) is 18.3 Å². The lowest BCUT2D eigenvalue weighted by Crippen LogP contribution is -2.59. The number of rotatable bonds is 5. The zero-order valence-corrected chi connectivity index (χ0v) is 11.7. The van der Waals surface area contributed by atoms with E-state index in [1.54, 1.807) is 12.1 Å². The summed E-state index contributed by atoms with van der Waals surface area (Å²) >= 11 is 0. The van der Waals surface area contributed by atoms with Gasteiger partial charge in [-0.3, -0.25) is 4.79 Å². The lowest BCUT2D eigenvalue weighted by molar-refractivity contribution is -0.148. The molecule has 1 aromatic heterocycles. The van der Waals surface area contributed by atoms with Gasteiger partial charge in [0.1, 0.15) is 11.6 Å². The molecular weight excluding hydrogens is 272 g/mol. The Balaban J connectivity index is 1.69. The maximum absolute atomic E-state index is 12.2. The molecule has 0 radical (unpaired) electrons. The van der Waals surface area contributed by atoms with E-state index in [1.807, 2.05) is 0 Å². The van der Waals surface area contributed by atoms with Gasteiger partial charge in [0.25, 0.3) is 5.91 Å². The van der Waals surface area contributed by atoms with E-state index >= 15 is 0 Å². The Morgan fingerprint density at radius 1 is 1.33 bits per heavy atom. The molecule has 0 unspecified atom stereocenters. The smallest absolute Gasteiger partial charge is 0.329 e. The minimum atomic E-state index is -1.10. The van der Waals surface area contributed by atoms with Crippen LogP contribution in [-0.2, 0) is 4.79 Å². The molecule has 112 valence electrons. The van der Waals surface area contributed by atoms with E-state index in [1.165, 1.54) is 6.20 Å². The molecule has 0 aliphatic heterocycles. The standard InChI is InChI=1S/C15H18N2O4/c18-13(17-15(14(19)20)6-2-7-15)10-5-8-16-12(9-10)21-11-3-1-4-11/h5,8-9,11H,1-4,6-7H2,(H,17,18)(H,19,20). The average molecular weight is 290 g/mol. The highest BCUT2D eigenvalue weighted by Crippen LogP contribution is 2.32. The number of ether oxygens (including phenoxy) is 1. The lowest BCUT2D eigenvalue weighted by atomic mass is 9.76. The fourth-order valence-electron chi connectivity index (χ4n) is 2.49. The second-order valence-corrected chi connectivity index (χ2v) is 5.75. The minimum absolute atomic E-state index is 0.188.